The van der Waals surface area contributed by atoms with Gasteiger partial charge < -0.3 is 15.4 Å². The lowest BCUT2D eigenvalue weighted by Crippen LogP contribution is -2.47. The molecule has 2 unspecified atom stereocenters. The summed E-state index contributed by atoms with van der Waals surface area (Å²) in [6.07, 6.45) is 4.35. The maximum absolute atomic E-state index is 12.4. The van der Waals surface area contributed by atoms with Gasteiger partial charge in [-0.2, -0.15) is 0 Å². The predicted molar refractivity (Wildman–Crippen MR) is 99.7 cm³/mol. The topological polar surface area (TPSA) is 67.4 Å². The summed E-state index contributed by atoms with van der Waals surface area (Å²) in [5, 5.41) is 5.62. The fourth-order valence-electron chi connectivity index (χ4n) is 3.56. The molecule has 0 aliphatic heterocycles. The molecule has 1 aromatic carbocycles. The molecule has 2 rings (SSSR count). The standard InChI is InChI=1S/C20H30N2O3/c1-5-25-18-12-14(4)10-11-17(18)22-20(24)19(23)21-16-9-7-6-8-15(16)13(2)3/h10-13,15-16H,5-9H2,1-4H3,(H,21,23)(H,22,24). The predicted octanol–water partition coefficient (Wildman–Crippen LogP) is 3.66. The normalized spacial score (nSPS) is 20.2. The molecule has 0 radical (unpaired) electrons. The highest BCUT2D eigenvalue weighted by Crippen LogP contribution is 2.30. The Morgan fingerprint density at radius 1 is 1.20 bits per heavy atom. The summed E-state index contributed by atoms with van der Waals surface area (Å²) in [4.78, 5) is 24.7. The molecule has 5 heteroatoms. The lowest BCUT2D eigenvalue weighted by Gasteiger charge is -2.34. The quantitative estimate of drug-likeness (QED) is 0.800. The number of carbonyl (C=O) groups is 2. The molecule has 0 heterocycles. The fourth-order valence-corrected chi connectivity index (χ4v) is 3.56. The molecule has 5 nitrogen and oxygen atoms in total. The summed E-state index contributed by atoms with van der Waals surface area (Å²) in [7, 11) is 0. The molecule has 0 spiro atoms. The van der Waals surface area contributed by atoms with Crippen molar-refractivity contribution in [2.45, 2.75) is 59.4 Å². The van der Waals surface area contributed by atoms with E-state index in [9.17, 15) is 9.59 Å². The van der Waals surface area contributed by atoms with E-state index in [4.69, 9.17) is 4.74 Å². The van der Waals surface area contributed by atoms with E-state index in [0.717, 1.165) is 24.8 Å². The van der Waals surface area contributed by atoms with E-state index < -0.39 is 11.8 Å². The van der Waals surface area contributed by atoms with Gasteiger partial charge in [-0.1, -0.05) is 32.8 Å². The second-order valence-electron chi connectivity index (χ2n) is 7.16. The highest BCUT2D eigenvalue weighted by atomic mass is 16.5. The highest BCUT2D eigenvalue weighted by Gasteiger charge is 2.30. The molecule has 1 saturated carbocycles. The van der Waals surface area contributed by atoms with Gasteiger partial charge in [-0.05, 0) is 56.2 Å². The lowest BCUT2D eigenvalue weighted by atomic mass is 9.78. The van der Waals surface area contributed by atoms with Crippen molar-refractivity contribution in [2.75, 3.05) is 11.9 Å². The third-order valence-electron chi connectivity index (χ3n) is 4.88. The van der Waals surface area contributed by atoms with Crippen molar-refractivity contribution in [3.8, 4) is 5.75 Å². The first-order valence-electron chi connectivity index (χ1n) is 9.27. The Bertz CT molecular complexity index is 613. The van der Waals surface area contributed by atoms with Gasteiger partial charge in [-0.3, -0.25) is 9.59 Å². The van der Waals surface area contributed by atoms with Crippen LogP contribution >= 0.6 is 0 Å². The van der Waals surface area contributed by atoms with Crippen LogP contribution in [0.1, 0.15) is 52.0 Å². The molecule has 1 fully saturated rings. The van der Waals surface area contributed by atoms with Crippen molar-refractivity contribution in [1.82, 2.24) is 5.32 Å². The lowest BCUT2D eigenvalue weighted by molar-refractivity contribution is -0.137. The minimum Gasteiger partial charge on any atom is -0.492 e. The van der Waals surface area contributed by atoms with E-state index >= 15 is 0 Å². The minimum atomic E-state index is -0.641. The summed E-state index contributed by atoms with van der Waals surface area (Å²) >= 11 is 0. The smallest absolute Gasteiger partial charge is 0.313 e. The molecule has 0 saturated heterocycles. The van der Waals surface area contributed by atoms with Gasteiger partial charge in [0.05, 0.1) is 12.3 Å². The summed E-state index contributed by atoms with van der Waals surface area (Å²) in [6, 6.07) is 5.58. The summed E-state index contributed by atoms with van der Waals surface area (Å²) in [6.45, 7) is 8.69. The molecule has 0 bridgehead atoms. The Morgan fingerprint density at radius 2 is 1.92 bits per heavy atom. The van der Waals surface area contributed by atoms with E-state index in [1.165, 1.54) is 6.42 Å². The monoisotopic (exact) mass is 346 g/mol. The van der Waals surface area contributed by atoms with Crippen LogP contribution in [-0.4, -0.2) is 24.5 Å². The summed E-state index contributed by atoms with van der Waals surface area (Å²) in [5.41, 5.74) is 1.56. The van der Waals surface area contributed by atoms with Crippen molar-refractivity contribution >= 4 is 17.5 Å². The number of nitrogens with one attached hydrogen (secondary N) is 2. The Morgan fingerprint density at radius 3 is 2.60 bits per heavy atom. The van der Waals surface area contributed by atoms with Crippen molar-refractivity contribution in [3.63, 3.8) is 0 Å². The van der Waals surface area contributed by atoms with Gasteiger partial charge in [0.25, 0.3) is 0 Å². The summed E-state index contributed by atoms with van der Waals surface area (Å²) < 4.78 is 5.55. The minimum absolute atomic E-state index is 0.0800. The van der Waals surface area contributed by atoms with Gasteiger partial charge in [0.1, 0.15) is 5.75 Å². The molecule has 2 N–H and O–H groups in total. The van der Waals surface area contributed by atoms with Gasteiger partial charge in [0, 0.05) is 6.04 Å². The molecular weight excluding hydrogens is 316 g/mol. The largest absolute Gasteiger partial charge is 0.492 e. The van der Waals surface area contributed by atoms with Crippen LogP contribution in [0.4, 0.5) is 5.69 Å². The van der Waals surface area contributed by atoms with Crippen LogP contribution < -0.4 is 15.4 Å². The van der Waals surface area contributed by atoms with Gasteiger partial charge in [0.15, 0.2) is 0 Å². The Kier molecular flexibility index (Phi) is 6.85. The zero-order valence-corrected chi connectivity index (χ0v) is 15.7. The zero-order valence-electron chi connectivity index (χ0n) is 15.7. The number of rotatable bonds is 5. The number of aryl methyl sites for hydroxylation is 1. The number of anilines is 1. The maximum Gasteiger partial charge on any atom is 0.313 e. The number of hydrogen-bond acceptors (Lipinski definition) is 3. The van der Waals surface area contributed by atoms with Crippen LogP contribution in [0, 0.1) is 18.8 Å². The van der Waals surface area contributed by atoms with Gasteiger partial charge >= 0.3 is 11.8 Å². The maximum atomic E-state index is 12.4. The van der Waals surface area contributed by atoms with Gasteiger partial charge in [0.2, 0.25) is 0 Å². The molecule has 0 aromatic heterocycles. The van der Waals surface area contributed by atoms with E-state index in [1.807, 2.05) is 26.0 Å². The molecule has 138 valence electrons. The van der Waals surface area contributed by atoms with E-state index in [0.29, 0.717) is 29.9 Å². The summed E-state index contributed by atoms with van der Waals surface area (Å²) in [5.74, 6) is 0.305. The molecule has 25 heavy (non-hydrogen) atoms. The molecular formula is C20H30N2O3. The fraction of sp³-hybridized carbons (Fsp3) is 0.600. The second kappa shape index (κ2) is 8.88. The van der Waals surface area contributed by atoms with Crippen LogP contribution in [0.2, 0.25) is 0 Å². The average molecular weight is 346 g/mol. The first-order chi connectivity index (χ1) is 11.9. The number of amides is 2. The molecule has 2 amide bonds. The number of hydrogen-bond donors (Lipinski definition) is 2. The van der Waals surface area contributed by atoms with Crippen molar-refractivity contribution < 1.29 is 14.3 Å². The van der Waals surface area contributed by atoms with Crippen LogP contribution in [0.3, 0.4) is 0 Å². The van der Waals surface area contributed by atoms with Crippen molar-refractivity contribution in [2.24, 2.45) is 11.8 Å². The van der Waals surface area contributed by atoms with E-state index in [1.54, 1.807) is 6.07 Å². The van der Waals surface area contributed by atoms with Crippen LogP contribution in [0.15, 0.2) is 18.2 Å². The molecule has 2 atom stereocenters. The third-order valence-corrected chi connectivity index (χ3v) is 4.88. The average Bonchev–Trinajstić information content (AvgIpc) is 2.57. The third kappa shape index (κ3) is 5.21. The Balaban J connectivity index is 2.02. The molecule has 1 aliphatic rings. The van der Waals surface area contributed by atoms with Crippen molar-refractivity contribution in [3.05, 3.63) is 23.8 Å². The van der Waals surface area contributed by atoms with Crippen LogP contribution in [0.5, 0.6) is 5.75 Å². The number of benzene rings is 1. The van der Waals surface area contributed by atoms with Crippen molar-refractivity contribution in [1.29, 1.82) is 0 Å². The SMILES string of the molecule is CCOc1cc(C)ccc1NC(=O)C(=O)NC1CCCCC1C(C)C. The van der Waals surface area contributed by atoms with Gasteiger partial charge in [-0.15, -0.1) is 0 Å². The highest BCUT2D eigenvalue weighted by molar-refractivity contribution is 6.39. The molecule has 1 aliphatic carbocycles. The number of ether oxygens (including phenoxy) is 1. The van der Waals surface area contributed by atoms with E-state index in [2.05, 4.69) is 24.5 Å². The van der Waals surface area contributed by atoms with Crippen LogP contribution in [0.25, 0.3) is 0 Å². The zero-order chi connectivity index (χ0) is 18.4. The second-order valence-corrected chi connectivity index (χ2v) is 7.16. The van der Waals surface area contributed by atoms with E-state index in [-0.39, 0.29) is 6.04 Å². The van der Waals surface area contributed by atoms with Crippen LogP contribution in [-0.2, 0) is 9.59 Å². The van der Waals surface area contributed by atoms with Gasteiger partial charge in [-0.25, -0.2) is 0 Å². The molecule has 1 aromatic rings. The first kappa shape index (κ1) is 19.3. The first-order valence-corrected chi connectivity index (χ1v) is 9.27. The number of carbonyl (C=O) groups excluding carboxylic acids is 2. The Labute approximate surface area is 150 Å². The Hall–Kier alpha value is -2.04.